The second-order valence-electron chi connectivity index (χ2n) is 6.34. The lowest BCUT2D eigenvalue weighted by atomic mass is 10.0. The van der Waals surface area contributed by atoms with Crippen molar-refractivity contribution in [3.63, 3.8) is 0 Å². The van der Waals surface area contributed by atoms with Gasteiger partial charge in [0.25, 0.3) is 5.91 Å². The summed E-state index contributed by atoms with van der Waals surface area (Å²) in [7, 11) is 0. The van der Waals surface area contributed by atoms with Gasteiger partial charge in [-0.15, -0.1) is 12.3 Å². The molecule has 2 aromatic carbocycles. The standard InChI is InChI=1S/C23H19N3O2/c1-2-3-16-28-19-10-8-17(9-11-19)22-25-21-7-5-4-6-20(21)23(27)26(22)18-12-14-24-15-13-18/h1,4-15,22,25H,3,16H2/t22-/m0/s1. The van der Waals surface area contributed by atoms with Gasteiger partial charge >= 0.3 is 0 Å². The molecule has 1 aromatic heterocycles. The normalized spacial score (nSPS) is 15.3. The number of fused-ring (bicyclic) bond motifs is 1. The molecular weight excluding hydrogens is 350 g/mol. The Morgan fingerprint density at radius 1 is 1.07 bits per heavy atom. The number of para-hydroxylation sites is 1. The van der Waals surface area contributed by atoms with Gasteiger partial charge in [0.1, 0.15) is 11.9 Å². The molecule has 1 aliphatic rings. The highest BCUT2D eigenvalue weighted by molar-refractivity contribution is 6.12. The molecule has 5 nitrogen and oxygen atoms in total. The highest BCUT2D eigenvalue weighted by Crippen LogP contribution is 2.36. The molecule has 3 aromatic rings. The van der Waals surface area contributed by atoms with Gasteiger partial charge in [0.15, 0.2) is 0 Å². The first kappa shape index (κ1) is 17.6. The molecule has 0 aliphatic carbocycles. The molecule has 1 atom stereocenters. The molecular formula is C23H19N3O2. The third kappa shape index (κ3) is 3.40. The second kappa shape index (κ2) is 7.85. The molecule has 0 radical (unpaired) electrons. The number of ether oxygens (including phenoxy) is 1. The number of benzene rings is 2. The molecule has 1 aliphatic heterocycles. The Hall–Kier alpha value is -3.78. The lowest BCUT2D eigenvalue weighted by Gasteiger charge is -2.38. The fourth-order valence-electron chi connectivity index (χ4n) is 3.23. The van der Waals surface area contributed by atoms with Gasteiger partial charge in [-0.25, -0.2) is 0 Å². The van der Waals surface area contributed by atoms with Gasteiger partial charge < -0.3 is 10.1 Å². The third-order valence-corrected chi connectivity index (χ3v) is 4.58. The van der Waals surface area contributed by atoms with E-state index in [9.17, 15) is 4.79 Å². The minimum absolute atomic E-state index is 0.0557. The van der Waals surface area contributed by atoms with Gasteiger partial charge in [0.2, 0.25) is 0 Å². The van der Waals surface area contributed by atoms with Crippen LogP contribution in [-0.4, -0.2) is 17.5 Å². The number of aromatic nitrogens is 1. The maximum Gasteiger partial charge on any atom is 0.262 e. The van der Waals surface area contributed by atoms with E-state index in [1.54, 1.807) is 17.3 Å². The first-order chi connectivity index (χ1) is 13.8. The van der Waals surface area contributed by atoms with E-state index >= 15 is 0 Å². The van der Waals surface area contributed by atoms with Gasteiger partial charge in [-0.2, -0.15) is 0 Å². The van der Waals surface area contributed by atoms with Crippen molar-refractivity contribution in [2.75, 3.05) is 16.8 Å². The number of nitrogens with one attached hydrogen (secondary N) is 1. The lowest BCUT2D eigenvalue weighted by Crippen LogP contribution is -2.43. The van der Waals surface area contributed by atoms with Crippen LogP contribution in [0.15, 0.2) is 73.1 Å². The van der Waals surface area contributed by atoms with E-state index in [1.165, 1.54) is 0 Å². The quantitative estimate of drug-likeness (QED) is 0.539. The van der Waals surface area contributed by atoms with Gasteiger partial charge in [0, 0.05) is 30.2 Å². The summed E-state index contributed by atoms with van der Waals surface area (Å²) in [6.45, 7) is 0.479. The Morgan fingerprint density at radius 3 is 2.57 bits per heavy atom. The maximum absolute atomic E-state index is 13.3. The van der Waals surface area contributed by atoms with Crippen LogP contribution in [0.2, 0.25) is 0 Å². The molecule has 0 saturated heterocycles. The van der Waals surface area contributed by atoms with Crippen LogP contribution in [0.4, 0.5) is 11.4 Å². The average molecular weight is 369 g/mol. The fourth-order valence-corrected chi connectivity index (χ4v) is 3.23. The number of carbonyl (C=O) groups is 1. The smallest absolute Gasteiger partial charge is 0.262 e. The van der Waals surface area contributed by atoms with Crippen molar-refractivity contribution < 1.29 is 9.53 Å². The molecule has 28 heavy (non-hydrogen) atoms. The van der Waals surface area contributed by atoms with Gasteiger partial charge in [0.05, 0.1) is 12.2 Å². The second-order valence-corrected chi connectivity index (χ2v) is 6.34. The van der Waals surface area contributed by atoms with E-state index in [0.717, 1.165) is 22.7 Å². The molecule has 5 heteroatoms. The molecule has 0 saturated carbocycles. The summed E-state index contributed by atoms with van der Waals surface area (Å²) < 4.78 is 5.63. The molecule has 0 spiro atoms. The van der Waals surface area contributed by atoms with Crippen LogP contribution in [0.3, 0.4) is 0 Å². The fraction of sp³-hybridized carbons (Fsp3) is 0.130. The van der Waals surface area contributed by atoms with Gasteiger partial charge in [-0.3, -0.25) is 14.7 Å². The summed E-state index contributed by atoms with van der Waals surface area (Å²) in [5, 5.41) is 3.48. The Morgan fingerprint density at radius 2 is 1.82 bits per heavy atom. The summed E-state index contributed by atoms with van der Waals surface area (Å²) in [6.07, 6.45) is 8.84. The number of carbonyl (C=O) groups excluding carboxylic acids is 1. The topological polar surface area (TPSA) is 54.5 Å². The van der Waals surface area contributed by atoms with Gasteiger partial charge in [-0.05, 0) is 42.0 Å². The van der Waals surface area contributed by atoms with Gasteiger partial charge in [-0.1, -0.05) is 24.3 Å². The zero-order valence-corrected chi connectivity index (χ0v) is 15.2. The number of pyridine rings is 1. The van der Waals surface area contributed by atoms with E-state index < -0.39 is 0 Å². The summed E-state index contributed by atoms with van der Waals surface area (Å²) in [6, 6.07) is 18.9. The minimum atomic E-state index is -0.343. The summed E-state index contributed by atoms with van der Waals surface area (Å²) in [5.74, 6) is 3.25. The molecule has 1 N–H and O–H groups in total. The van der Waals surface area contributed by atoms with Crippen molar-refractivity contribution in [2.45, 2.75) is 12.6 Å². The third-order valence-electron chi connectivity index (χ3n) is 4.58. The summed E-state index contributed by atoms with van der Waals surface area (Å²) in [4.78, 5) is 19.1. The Balaban J connectivity index is 1.69. The predicted octanol–water partition coefficient (Wildman–Crippen LogP) is 4.25. The number of anilines is 2. The van der Waals surface area contributed by atoms with Crippen molar-refractivity contribution in [2.24, 2.45) is 0 Å². The largest absolute Gasteiger partial charge is 0.493 e. The Labute approximate surface area is 164 Å². The minimum Gasteiger partial charge on any atom is -0.493 e. The predicted molar refractivity (Wildman–Crippen MR) is 109 cm³/mol. The van der Waals surface area contributed by atoms with Crippen LogP contribution in [-0.2, 0) is 0 Å². The molecule has 138 valence electrons. The highest BCUT2D eigenvalue weighted by atomic mass is 16.5. The van der Waals surface area contributed by atoms with Crippen molar-refractivity contribution in [3.8, 4) is 18.1 Å². The van der Waals surface area contributed by atoms with Crippen LogP contribution >= 0.6 is 0 Å². The van der Waals surface area contributed by atoms with Crippen LogP contribution in [0, 0.1) is 12.3 Å². The zero-order chi connectivity index (χ0) is 19.3. The molecule has 1 amide bonds. The number of terminal acetylenes is 1. The van der Waals surface area contributed by atoms with Crippen molar-refractivity contribution in [1.29, 1.82) is 0 Å². The molecule has 0 fully saturated rings. The molecule has 4 rings (SSSR count). The number of rotatable bonds is 5. The molecule has 0 bridgehead atoms. The van der Waals surface area contributed by atoms with Crippen LogP contribution < -0.4 is 15.0 Å². The highest BCUT2D eigenvalue weighted by Gasteiger charge is 2.33. The average Bonchev–Trinajstić information content (AvgIpc) is 2.75. The van der Waals surface area contributed by atoms with Crippen LogP contribution in [0.5, 0.6) is 5.75 Å². The monoisotopic (exact) mass is 369 g/mol. The number of hydrogen-bond acceptors (Lipinski definition) is 4. The lowest BCUT2D eigenvalue weighted by molar-refractivity contribution is 0.0975. The first-order valence-corrected chi connectivity index (χ1v) is 9.03. The van der Waals surface area contributed by atoms with E-state index in [0.29, 0.717) is 18.6 Å². The SMILES string of the molecule is C#CCCOc1ccc([C@H]2Nc3ccccc3C(=O)N2c2ccncc2)cc1. The van der Waals surface area contributed by atoms with Crippen molar-refractivity contribution in [1.82, 2.24) is 4.98 Å². The maximum atomic E-state index is 13.3. The van der Waals surface area contributed by atoms with E-state index in [1.807, 2.05) is 60.7 Å². The number of amides is 1. The zero-order valence-electron chi connectivity index (χ0n) is 15.2. The number of hydrogen-bond donors (Lipinski definition) is 1. The van der Waals surface area contributed by atoms with Crippen LogP contribution in [0.25, 0.3) is 0 Å². The van der Waals surface area contributed by atoms with E-state index in [4.69, 9.17) is 11.2 Å². The van der Waals surface area contributed by atoms with E-state index in [2.05, 4.69) is 16.2 Å². The van der Waals surface area contributed by atoms with Crippen molar-refractivity contribution >= 4 is 17.3 Å². The Bertz CT molecular complexity index is 1010. The summed E-state index contributed by atoms with van der Waals surface area (Å²) >= 11 is 0. The summed E-state index contributed by atoms with van der Waals surface area (Å²) in [5.41, 5.74) is 3.19. The number of nitrogens with zero attached hydrogens (tertiary/aromatic N) is 2. The molecule has 2 heterocycles. The van der Waals surface area contributed by atoms with Crippen molar-refractivity contribution in [3.05, 3.63) is 84.2 Å². The van der Waals surface area contributed by atoms with E-state index in [-0.39, 0.29) is 12.1 Å². The van der Waals surface area contributed by atoms with Crippen LogP contribution in [0.1, 0.15) is 28.5 Å². The molecule has 0 unspecified atom stereocenters. The Kier molecular flexibility index (Phi) is 4.94. The first-order valence-electron chi connectivity index (χ1n) is 9.03.